The molecule has 0 atom stereocenters. The van der Waals surface area contributed by atoms with E-state index >= 15 is 0 Å². The van der Waals surface area contributed by atoms with Crippen molar-refractivity contribution < 1.29 is 9.90 Å². The van der Waals surface area contributed by atoms with Crippen LogP contribution < -0.4 is 4.90 Å². The van der Waals surface area contributed by atoms with Gasteiger partial charge in [0, 0.05) is 25.7 Å². The van der Waals surface area contributed by atoms with Crippen LogP contribution in [0.15, 0.2) is 24.4 Å². The van der Waals surface area contributed by atoms with Gasteiger partial charge >= 0.3 is 5.97 Å². The monoisotopic (exact) mass is 288 g/mol. The highest BCUT2D eigenvalue weighted by Crippen LogP contribution is 2.47. The van der Waals surface area contributed by atoms with Gasteiger partial charge in [-0.15, -0.1) is 0 Å². The van der Waals surface area contributed by atoms with Crippen LogP contribution in [-0.2, 0) is 4.79 Å². The molecule has 1 aromatic rings. The van der Waals surface area contributed by atoms with E-state index in [1.165, 1.54) is 25.7 Å². The Morgan fingerprint density at radius 3 is 2.52 bits per heavy atom. The van der Waals surface area contributed by atoms with Crippen LogP contribution in [0.1, 0.15) is 44.9 Å². The second kappa shape index (κ2) is 6.04. The Morgan fingerprint density at radius 2 is 1.95 bits per heavy atom. The van der Waals surface area contributed by atoms with E-state index in [1.807, 2.05) is 18.3 Å². The van der Waals surface area contributed by atoms with Gasteiger partial charge in [0.25, 0.3) is 0 Å². The van der Waals surface area contributed by atoms with Crippen LogP contribution in [0.4, 0.5) is 5.82 Å². The lowest BCUT2D eigenvalue weighted by Crippen LogP contribution is -2.42. The fourth-order valence-corrected chi connectivity index (χ4v) is 3.99. The summed E-state index contributed by atoms with van der Waals surface area (Å²) in [5.74, 6) is 0.856. The number of nitrogens with zero attached hydrogens (tertiary/aromatic N) is 2. The number of anilines is 1. The van der Waals surface area contributed by atoms with Crippen LogP contribution in [0.3, 0.4) is 0 Å². The van der Waals surface area contributed by atoms with Crippen molar-refractivity contribution in [2.45, 2.75) is 44.9 Å². The minimum absolute atomic E-state index is 0.357. The first-order valence-electron chi connectivity index (χ1n) is 8.05. The van der Waals surface area contributed by atoms with Crippen LogP contribution in [-0.4, -0.2) is 29.1 Å². The maximum absolute atomic E-state index is 10.8. The molecular formula is C17H24N2O2. The maximum Gasteiger partial charge on any atom is 0.303 e. The number of carboxylic acids is 1. The lowest BCUT2D eigenvalue weighted by atomic mass is 9.65. The van der Waals surface area contributed by atoms with Gasteiger partial charge in [-0.1, -0.05) is 6.07 Å². The summed E-state index contributed by atoms with van der Waals surface area (Å²) in [6.45, 7) is 2.17. The summed E-state index contributed by atoms with van der Waals surface area (Å²) in [4.78, 5) is 17.6. The molecule has 3 rings (SSSR count). The summed E-state index contributed by atoms with van der Waals surface area (Å²) in [5, 5.41) is 8.91. The molecule has 1 N–H and O–H groups in total. The Labute approximate surface area is 126 Å². The molecule has 2 aliphatic rings. The van der Waals surface area contributed by atoms with Crippen molar-refractivity contribution in [2.75, 3.05) is 18.0 Å². The number of aromatic nitrogens is 1. The summed E-state index contributed by atoms with van der Waals surface area (Å²) in [7, 11) is 0. The second-order valence-electron chi connectivity index (χ2n) is 6.72. The number of carbonyl (C=O) groups is 1. The maximum atomic E-state index is 10.8. The highest BCUT2D eigenvalue weighted by atomic mass is 16.4. The number of pyridine rings is 1. The van der Waals surface area contributed by atoms with Gasteiger partial charge in [-0.25, -0.2) is 4.98 Å². The van der Waals surface area contributed by atoms with Crippen molar-refractivity contribution in [3.63, 3.8) is 0 Å². The highest BCUT2D eigenvalue weighted by molar-refractivity contribution is 5.67. The molecule has 1 aliphatic carbocycles. The van der Waals surface area contributed by atoms with E-state index in [9.17, 15) is 4.79 Å². The summed E-state index contributed by atoms with van der Waals surface area (Å²) in [5.41, 5.74) is 0.473. The van der Waals surface area contributed by atoms with Crippen molar-refractivity contribution in [3.8, 4) is 0 Å². The fraction of sp³-hybridized carbons (Fsp3) is 0.647. The van der Waals surface area contributed by atoms with Gasteiger partial charge in [0.1, 0.15) is 5.82 Å². The average Bonchev–Trinajstić information content (AvgIpc) is 2.51. The Kier molecular flexibility index (Phi) is 4.13. The largest absolute Gasteiger partial charge is 0.481 e. The molecule has 0 radical (unpaired) electrons. The molecule has 0 unspecified atom stereocenters. The standard InChI is InChI=1S/C17H24N2O2/c20-16(21)13-14-4-6-17(7-5-14)8-11-19(12-9-17)15-3-1-2-10-18-15/h1-3,10,14H,4-9,11-13H2,(H,20,21). The number of aliphatic carboxylic acids is 1. The molecule has 1 saturated carbocycles. The van der Waals surface area contributed by atoms with Gasteiger partial charge in [0.05, 0.1) is 0 Å². The van der Waals surface area contributed by atoms with E-state index < -0.39 is 5.97 Å². The number of hydrogen-bond donors (Lipinski definition) is 1. The number of piperidine rings is 1. The van der Waals surface area contributed by atoms with Gasteiger partial charge in [0.15, 0.2) is 0 Å². The molecule has 0 amide bonds. The van der Waals surface area contributed by atoms with Gasteiger partial charge < -0.3 is 10.0 Å². The highest BCUT2D eigenvalue weighted by Gasteiger charge is 2.38. The minimum atomic E-state index is -0.638. The van der Waals surface area contributed by atoms with Crippen molar-refractivity contribution in [3.05, 3.63) is 24.4 Å². The Hall–Kier alpha value is -1.58. The van der Waals surface area contributed by atoms with Crippen molar-refractivity contribution >= 4 is 11.8 Å². The second-order valence-corrected chi connectivity index (χ2v) is 6.72. The van der Waals surface area contributed by atoms with Crippen LogP contribution in [0.5, 0.6) is 0 Å². The molecule has 1 spiro atoms. The molecule has 2 fully saturated rings. The van der Waals surface area contributed by atoms with Crippen LogP contribution in [0.2, 0.25) is 0 Å². The Bertz CT molecular complexity index is 471. The average molecular weight is 288 g/mol. The van der Waals surface area contributed by atoms with E-state index in [4.69, 9.17) is 5.11 Å². The zero-order valence-electron chi connectivity index (χ0n) is 12.5. The van der Waals surface area contributed by atoms with E-state index in [0.29, 0.717) is 17.8 Å². The third-order valence-corrected chi connectivity index (χ3v) is 5.43. The SMILES string of the molecule is O=C(O)CC1CCC2(CC1)CCN(c1ccccn1)CC2. The molecule has 4 heteroatoms. The molecule has 1 saturated heterocycles. The summed E-state index contributed by atoms with van der Waals surface area (Å²) in [6, 6.07) is 6.09. The fourth-order valence-electron chi connectivity index (χ4n) is 3.99. The lowest BCUT2D eigenvalue weighted by Gasteiger charge is -2.46. The quantitative estimate of drug-likeness (QED) is 0.927. The number of hydrogen-bond acceptors (Lipinski definition) is 3. The third-order valence-electron chi connectivity index (χ3n) is 5.43. The van der Waals surface area contributed by atoms with Crippen molar-refractivity contribution in [1.29, 1.82) is 0 Å². The summed E-state index contributed by atoms with van der Waals surface area (Å²) < 4.78 is 0. The first-order valence-corrected chi connectivity index (χ1v) is 8.05. The molecule has 114 valence electrons. The molecule has 1 aromatic heterocycles. The normalized spacial score (nSPS) is 22.4. The topological polar surface area (TPSA) is 53.4 Å². The number of carboxylic acid groups (broad SMARTS) is 1. The molecule has 0 aromatic carbocycles. The molecule has 2 heterocycles. The Morgan fingerprint density at radius 1 is 1.24 bits per heavy atom. The third kappa shape index (κ3) is 3.36. The smallest absolute Gasteiger partial charge is 0.303 e. The van der Waals surface area contributed by atoms with Crippen molar-refractivity contribution in [2.24, 2.45) is 11.3 Å². The summed E-state index contributed by atoms with van der Waals surface area (Å²) in [6.07, 6.45) is 9.27. The Balaban J connectivity index is 1.53. The predicted octanol–water partition coefficient (Wildman–Crippen LogP) is 3.33. The molecule has 1 aliphatic heterocycles. The van der Waals surface area contributed by atoms with Gasteiger partial charge in [-0.3, -0.25) is 4.79 Å². The summed E-state index contributed by atoms with van der Waals surface area (Å²) >= 11 is 0. The van der Waals surface area contributed by atoms with Crippen LogP contribution in [0, 0.1) is 11.3 Å². The lowest BCUT2D eigenvalue weighted by molar-refractivity contribution is -0.138. The van der Waals surface area contributed by atoms with E-state index in [1.54, 1.807) is 0 Å². The van der Waals surface area contributed by atoms with Crippen LogP contribution >= 0.6 is 0 Å². The zero-order chi connectivity index (χ0) is 14.7. The van der Waals surface area contributed by atoms with E-state index in [0.717, 1.165) is 31.7 Å². The zero-order valence-corrected chi connectivity index (χ0v) is 12.5. The van der Waals surface area contributed by atoms with Crippen LogP contribution in [0.25, 0.3) is 0 Å². The predicted molar refractivity (Wildman–Crippen MR) is 82.3 cm³/mol. The number of rotatable bonds is 3. The van der Waals surface area contributed by atoms with E-state index in [-0.39, 0.29) is 0 Å². The van der Waals surface area contributed by atoms with Gasteiger partial charge in [-0.05, 0) is 62.0 Å². The van der Waals surface area contributed by atoms with Gasteiger partial charge in [-0.2, -0.15) is 0 Å². The first-order chi connectivity index (χ1) is 10.2. The minimum Gasteiger partial charge on any atom is -0.481 e. The van der Waals surface area contributed by atoms with E-state index in [2.05, 4.69) is 16.0 Å². The molecular weight excluding hydrogens is 264 g/mol. The molecule has 0 bridgehead atoms. The molecule has 4 nitrogen and oxygen atoms in total. The first kappa shape index (κ1) is 14.4. The van der Waals surface area contributed by atoms with Crippen molar-refractivity contribution in [1.82, 2.24) is 4.98 Å². The molecule has 21 heavy (non-hydrogen) atoms. The van der Waals surface area contributed by atoms with Gasteiger partial charge in [0.2, 0.25) is 0 Å².